The molecule has 1 amide bonds. The molecule has 4 rings (SSSR count). The van der Waals surface area contributed by atoms with E-state index in [1.165, 1.54) is 29.7 Å². The van der Waals surface area contributed by atoms with Gasteiger partial charge in [-0.15, -0.1) is 11.3 Å². The number of rotatable bonds is 4. The monoisotopic (exact) mass is 385 g/mol. The number of benzene rings is 1. The van der Waals surface area contributed by atoms with Crippen molar-refractivity contribution in [2.75, 3.05) is 31.1 Å². The maximum absolute atomic E-state index is 12.4. The van der Waals surface area contributed by atoms with E-state index in [2.05, 4.69) is 41.5 Å². The number of carbonyl (C=O) groups is 1. The van der Waals surface area contributed by atoms with Gasteiger partial charge >= 0.3 is 0 Å². The topological polar surface area (TPSA) is 63.7 Å². The number of nitrogens with two attached hydrogens (primary N) is 1. The molecule has 0 bridgehead atoms. The summed E-state index contributed by atoms with van der Waals surface area (Å²) in [6.45, 7) is 5.97. The second kappa shape index (κ2) is 7.60. The fourth-order valence-electron chi connectivity index (χ4n) is 4.58. The maximum atomic E-state index is 12.4. The SMILES string of the molecule is Cc1ccc(-c2csc(N3CCC(C(N)=O)([NH+]4CCCCC4)CC3)n2)cc1. The molecule has 2 saturated heterocycles. The van der Waals surface area contributed by atoms with Gasteiger partial charge in [0.2, 0.25) is 0 Å². The minimum Gasteiger partial charge on any atom is -0.364 e. The van der Waals surface area contributed by atoms with Gasteiger partial charge < -0.3 is 15.5 Å². The van der Waals surface area contributed by atoms with Crippen LogP contribution in [0.25, 0.3) is 11.3 Å². The van der Waals surface area contributed by atoms with E-state index < -0.39 is 0 Å². The first kappa shape index (κ1) is 18.4. The predicted octanol–water partition coefficient (Wildman–Crippen LogP) is 2.01. The molecule has 0 atom stereocenters. The minimum absolute atomic E-state index is 0.112. The van der Waals surface area contributed by atoms with Crippen LogP contribution in [-0.4, -0.2) is 42.6 Å². The van der Waals surface area contributed by atoms with E-state index in [0.29, 0.717) is 0 Å². The Morgan fingerprint density at radius 3 is 2.44 bits per heavy atom. The molecule has 5 nitrogen and oxygen atoms in total. The Morgan fingerprint density at radius 1 is 1.15 bits per heavy atom. The van der Waals surface area contributed by atoms with Gasteiger partial charge in [0, 0.05) is 36.9 Å². The number of anilines is 1. The third-order valence-electron chi connectivity index (χ3n) is 6.33. The van der Waals surface area contributed by atoms with Crippen molar-refractivity contribution in [3.8, 4) is 11.3 Å². The van der Waals surface area contributed by atoms with Gasteiger partial charge in [0.05, 0.1) is 18.8 Å². The molecule has 0 aliphatic carbocycles. The smallest absolute Gasteiger partial charge is 0.278 e. The van der Waals surface area contributed by atoms with Gasteiger partial charge in [0.15, 0.2) is 10.7 Å². The van der Waals surface area contributed by atoms with Crippen LogP contribution in [0.5, 0.6) is 0 Å². The number of thiazole rings is 1. The number of aryl methyl sites for hydroxylation is 1. The van der Waals surface area contributed by atoms with Gasteiger partial charge in [0.25, 0.3) is 5.91 Å². The van der Waals surface area contributed by atoms with E-state index in [4.69, 9.17) is 10.7 Å². The number of amides is 1. The molecule has 0 spiro atoms. The third-order valence-corrected chi connectivity index (χ3v) is 7.23. The second-order valence-corrected chi connectivity index (χ2v) is 8.82. The molecule has 1 aromatic heterocycles. The van der Waals surface area contributed by atoms with Crippen LogP contribution in [0.1, 0.15) is 37.7 Å². The van der Waals surface area contributed by atoms with Gasteiger partial charge in [-0.05, 0) is 26.2 Å². The van der Waals surface area contributed by atoms with Crippen molar-refractivity contribution in [2.24, 2.45) is 5.73 Å². The number of primary amides is 1. The van der Waals surface area contributed by atoms with Gasteiger partial charge in [-0.1, -0.05) is 29.8 Å². The Morgan fingerprint density at radius 2 is 1.81 bits per heavy atom. The van der Waals surface area contributed by atoms with Crippen LogP contribution >= 0.6 is 11.3 Å². The van der Waals surface area contributed by atoms with Gasteiger partial charge in [0.1, 0.15) is 0 Å². The first-order valence-corrected chi connectivity index (χ1v) is 10.9. The molecule has 2 aromatic rings. The van der Waals surface area contributed by atoms with Crippen molar-refractivity contribution in [1.29, 1.82) is 0 Å². The highest BCUT2D eigenvalue weighted by atomic mass is 32.1. The highest BCUT2D eigenvalue weighted by Gasteiger charge is 2.49. The quantitative estimate of drug-likeness (QED) is 0.846. The molecular weight excluding hydrogens is 356 g/mol. The van der Waals surface area contributed by atoms with E-state index in [9.17, 15) is 4.79 Å². The summed E-state index contributed by atoms with van der Waals surface area (Å²) < 4.78 is 0. The number of hydrogen-bond donors (Lipinski definition) is 2. The van der Waals surface area contributed by atoms with Crippen molar-refractivity contribution in [1.82, 2.24) is 4.98 Å². The molecule has 6 heteroatoms. The summed E-state index contributed by atoms with van der Waals surface area (Å²) in [5.74, 6) is -0.112. The zero-order chi connectivity index (χ0) is 18.9. The van der Waals surface area contributed by atoms with Crippen LogP contribution in [0.15, 0.2) is 29.6 Å². The number of carbonyl (C=O) groups excluding carboxylic acids is 1. The molecule has 0 unspecified atom stereocenters. The Bertz CT molecular complexity index is 787. The highest BCUT2D eigenvalue weighted by molar-refractivity contribution is 7.14. The van der Waals surface area contributed by atoms with Crippen molar-refractivity contribution < 1.29 is 9.69 Å². The van der Waals surface area contributed by atoms with Crippen LogP contribution in [-0.2, 0) is 4.79 Å². The number of nitrogens with one attached hydrogen (secondary N) is 1. The average molecular weight is 386 g/mol. The summed E-state index contributed by atoms with van der Waals surface area (Å²) in [4.78, 5) is 21.0. The summed E-state index contributed by atoms with van der Waals surface area (Å²) in [5.41, 5.74) is 8.98. The molecule has 2 aliphatic heterocycles. The fourth-order valence-corrected chi connectivity index (χ4v) is 5.47. The average Bonchev–Trinajstić information content (AvgIpc) is 3.19. The second-order valence-electron chi connectivity index (χ2n) is 7.98. The molecule has 1 aromatic carbocycles. The largest absolute Gasteiger partial charge is 0.364 e. The highest BCUT2D eigenvalue weighted by Crippen LogP contribution is 2.31. The molecule has 3 N–H and O–H groups in total. The third kappa shape index (κ3) is 3.60. The van der Waals surface area contributed by atoms with Gasteiger partial charge in [-0.2, -0.15) is 0 Å². The summed E-state index contributed by atoms with van der Waals surface area (Å²) >= 11 is 1.69. The lowest BCUT2D eigenvalue weighted by molar-refractivity contribution is -0.947. The van der Waals surface area contributed by atoms with Crippen molar-refractivity contribution in [2.45, 2.75) is 44.6 Å². The standard InChI is InChI=1S/C21H28N4OS/c1-16-5-7-17(8-6-16)18-15-27-20(23-18)24-13-9-21(10-14-24,19(22)26)25-11-3-2-4-12-25/h5-8,15H,2-4,9-14H2,1H3,(H2,22,26)/p+1. The van der Waals surface area contributed by atoms with Crippen LogP contribution in [0.3, 0.4) is 0 Å². The Hall–Kier alpha value is -1.92. The normalized spacial score (nSPS) is 20.6. The number of hydrogen-bond acceptors (Lipinski definition) is 4. The van der Waals surface area contributed by atoms with Crippen LogP contribution < -0.4 is 15.5 Å². The minimum atomic E-state index is -0.381. The zero-order valence-corrected chi connectivity index (χ0v) is 16.9. The van der Waals surface area contributed by atoms with E-state index in [-0.39, 0.29) is 11.4 Å². The van der Waals surface area contributed by atoms with Crippen LogP contribution in [0.2, 0.25) is 0 Å². The molecule has 3 heterocycles. The lowest BCUT2D eigenvalue weighted by atomic mass is 9.83. The number of quaternary nitrogens is 1. The Kier molecular flexibility index (Phi) is 5.19. The molecule has 2 aliphatic rings. The lowest BCUT2D eigenvalue weighted by Gasteiger charge is -2.45. The summed E-state index contributed by atoms with van der Waals surface area (Å²) in [6, 6.07) is 8.50. The first-order chi connectivity index (χ1) is 13.1. The van der Waals surface area contributed by atoms with Crippen molar-refractivity contribution in [3.05, 3.63) is 35.2 Å². The van der Waals surface area contributed by atoms with Crippen molar-refractivity contribution in [3.63, 3.8) is 0 Å². The number of piperidine rings is 2. The molecule has 0 saturated carbocycles. The van der Waals surface area contributed by atoms with E-state index >= 15 is 0 Å². The number of nitrogens with zero attached hydrogens (tertiary/aromatic N) is 2. The molecular formula is C21H29N4OS+. The van der Waals surface area contributed by atoms with E-state index in [0.717, 1.165) is 55.4 Å². The summed E-state index contributed by atoms with van der Waals surface area (Å²) in [6.07, 6.45) is 5.36. The number of likely N-dealkylation sites (tertiary alicyclic amines) is 1. The predicted molar refractivity (Wildman–Crippen MR) is 110 cm³/mol. The molecule has 27 heavy (non-hydrogen) atoms. The molecule has 0 radical (unpaired) electrons. The van der Waals surface area contributed by atoms with Gasteiger partial charge in [-0.25, -0.2) is 4.98 Å². The summed E-state index contributed by atoms with van der Waals surface area (Å²) in [7, 11) is 0. The van der Waals surface area contributed by atoms with Crippen molar-refractivity contribution >= 4 is 22.4 Å². The Balaban J connectivity index is 1.47. The number of aromatic nitrogens is 1. The maximum Gasteiger partial charge on any atom is 0.278 e. The lowest BCUT2D eigenvalue weighted by Crippen LogP contribution is -3.22. The summed E-state index contributed by atoms with van der Waals surface area (Å²) in [5, 5.41) is 3.18. The zero-order valence-electron chi connectivity index (χ0n) is 16.0. The fraction of sp³-hybridized carbons (Fsp3) is 0.524. The van der Waals surface area contributed by atoms with E-state index in [1.54, 1.807) is 11.3 Å². The van der Waals surface area contributed by atoms with Gasteiger partial charge in [-0.3, -0.25) is 4.79 Å². The molecule has 2 fully saturated rings. The van der Waals surface area contributed by atoms with Crippen LogP contribution in [0, 0.1) is 6.92 Å². The Labute approximate surface area is 165 Å². The first-order valence-electron chi connectivity index (χ1n) is 10.0. The van der Waals surface area contributed by atoms with E-state index in [1.807, 2.05) is 0 Å². The molecule has 144 valence electrons. The van der Waals surface area contributed by atoms with Crippen LogP contribution in [0.4, 0.5) is 5.13 Å².